The van der Waals surface area contributed by atoms with Crippen molar-refractivity contribution in [1.29, 1.82) is 0 Å². The van der Waals surface area contributed by atoms with E-state index in [9.17, 15) is 9.59 Å². The van der Waals surface area contributed by atoms with E-state index in [1.807, 2.05) is 24.3 Å². The average Bonchev–Trinajstić information content (AvgIpc) is 2.73. The molecule has 1 aromatic heterocycles. The Balaban J connectivity index is 1.50. The number of ketones is 1. The third kappa shape index (κ3) is 3.50. The molecule has 1 aliphatic heterocycles. The van der Waals surface area contributed by atoms with Gasteiger partial charge in [-0.3, -0.25) is 14.6 Å². The number of ether oxygens (including phenoxy) is 1. The number of benzene rings is 2. The van der Waals surface area contributed by atoms with Gasteiger partial charge in [-0.25, -0.2) is 0 Å². The number of carbonyl (C=O) groups excluding carboxylic acids is 2. The summed E-state index contributed by atoms with van der Waals surface area (Å²) in [6.45, 7) is -0.00600. The first kappa shape index (κ1) is 17.5. The van der Waals surface area contributed by atoms with Gasteiger partial charge in [-0.2, -0.15) is 5.10 Å². The van der Waals surface area contributed by atoms with Crippen molar-refractivity contribution in [2.24, 2.45) is 15.9 Å². The molecule has 1 atom stereocenters. The molecule has 28 heavy (non-hydrogen) atoms. The zero-order valence-electron chi connectivity index (χ0n) is 14.8. The van der Waals surface area contributed by atoms with Crippen LogP contribution in [0.2, 0.25) is 0 Å². The summed E-state index contributed by atoms with van der Waals surface area (Å²) in [7, 11) is 0. The fraction of sp³-hybridized carbons (Fsp3) is 0.0952. The van der Waals surface area contributed by atoms with Gasteiger partial charge >= 0.3 is 0 Å². The fourth-order valence-electron chi connectivity index (χ4n) is 2.98. The summed E-state index contributed by atoms with van der Waals surface area (Å²) in [4.78, 5) is 28.5. The van der Waals surface area contributed by atoms with Crippen LogP contribution in [0.4, 0.5) is 0 Å². The van der Waals surface area contributed by atoms with Crippen molar-refractivity contribution in [2.75, 3.05) is 6.61 Å². The largest absolute Gasteiger partial charge is 0.487 e. The van der Waals surface area contributed by atoms with Gasteiger partial charge in [0.1, 0.15) is 18.1 Å². The minimum atomic E-state index is -0.629. The molecule has 1 unspecified atom stereocenters. The highest BCUT2D eigenvalue weighted by atomic mass is 16.5. The third-order valence-electron chi connectivity index (χ3n) is 4.44. The highest BCUT2D eigenvalue weighted by molar-refractivity contribution is 6.45. The molecule has 3 aromatic rings. The highest BCUT2D eigenvalue weighted by Gasteiger charge is 2.27. The Morgan fingerprint density at radius 2 is 2.00 bits per heavy atom. The molecule has 0 spiro atoms. The summed E-state index contributed by atoms with van der Waals surface area (Å²) in [5, 5.41) is 8.81. The lowest BCUT2D eigenvalue weighted by atomic mass is 9.91. The number of nitrogens with zero attached hydrogens (tertiary/aromatic N) is 3. The number of pyridine rings is 1. The molecule has 0 radical (unpaired) electrons. The summed E-state index contributed by atoms with van der Waals surface area (Å²) < 4.78 is 5.74. The SMILES string of the molecule is NC(=O)c1cccc(C2C=NN=C(COc3ccc4ncccc4c3)C2=O)c1. The van der Waals surface area contributed by atoms with Crippen LogP contribution in [0.1, 0.15) is 21.8 Å². The Bertz CT molecular complexity index is 1140. The maximum atomic E-state index is 12.8. The Morgan fingerprint density at radius 1 is 1.11 bits per heavy atom. The van der Waals surface area contributed by atoms with Crippen molar-refractivity contribution in [1.82, 2.24) is 4.98 Å². The van der Waals surface area contributed by atoms with Crippen LogP contribution in [0, 0.1) is 0 Å². The van der Waals surface area contributed by atoms with E-state index < -0.39 is 11.8 Å². The predicted molar refractivity (Wildman–Crippen MR) is 106 cm³/mol. The normalized spacial score (nSPS) is 16.1. The number of hydrogen-bond donors (Lipinski definition) is 1. The van der Waals surface area contributed by atoms with Crippen LogP contribution in [0.15, 0.2) is 71.0 Å². The lowest BCUT2D eigenvalue weighted by Crippen LogP contribution is -2.30. The molecule has 7 nitrogen and oxygen atoms in total. The van der Waals surface area contributed by atoms with Crippen LogP contribution in [0.5, 0.6) is 5.75 Å². The topological polar surface area (TPSA) is 107 Å². The lowest BCUT2D eigenvalue weighted by molar-refractivity contribution is -0.113. The van der Waals surface area contributed by atoms with Crippen molar-refractivity contribution in [3.05, 3.63) is 71.9 Å². The maximum absolute atomic E-state index is 12.8. The summed E-state index contributed by atoms with van der Waals surface area (Å²) in [5.41, 5.74) is 7.36. The van der Waals surface area contributed by atoms with E-state index in [1.54, 1.807) is 36.5 Å². The molecule has 0 aliphatic carbocycles. The van der Waals surface area contributed by atoms with Crippen LogP contribution in [0.25, 0.3) is 10.9 Å². The van der Waals surface area contributed by atoms with E-state index >= 15 is 0 Å². The van der Waals surface area contributed by atoms with Crippen LogP contribution >= 0.6 is 0 Å². The number of rotatable bonds is 5. The van der Waals surface area contributed by atoms with Crippen molar-refractivity contribution >= 4 is 34.5 Å². The zero-order chi connectivity index (χ0) is 19.5. The first-order chi connectivity index (χ1) is 13.6. The van der Waals surface area contributed by atoms with Gasteiger partial charge in [-0.15, -0.1) is 5.10 Å². The van der Waals surface area contributed by atoms with Crippen molar-refractivity contribution in [3.63, 3.8) is 0 Å². The summed E-state index contributed by atoms with van der Waals surface area (Å²) >= 11 is 0. The van der Waals surface area contributed by atoms with Crippen LogP contribution in [-0.2, 0) is 4.79 Å². The van der Waals surface area contributed by atoms with E-state index in [2.05, 4.69) is 15.2 Å². The van der Waals surface area contributed by atoms with E-state index in [4.69, 9.17) is 10.5 Å². The number of primary amides is 1. The first-order valence-electron chi connectivity index (χ1n) is 8.63. The van der Waals surface area contributed by atoms with Crippen molar-refractivity contribution in [3.8, 4) is 5.75 Å². The van der Waals surface area contributed by atoms with E-state index in [0.717, 1.165) is 10.9 Å². The first-order valence-corrected chi connectivity index (χ1v) is 8.63. The monoisotopic (exact) mass is 372 g/mol. The molecule has 0 saturated heterocycles. The number of Topliss-reactive ketones (excluding diaryl/α,β-unsaturated/α-hetero) is 1. The quantitative estimate of drug-likeness (QED) is 0.742. The van der Waals surface area contributed by atoms with Gasteiger partial charge in [0.15, 0.2) is 5.78 Å². The molecular formula is C21H16N4O3. The molecule has 7 heteroatoms. The number of nitrogens with two attached hydrogens (primary N) is 1. The third-order valence-corrected chi connectivity index (χ3v) is 4.44. The van der Waals surface area contributed by atoms with E-state index in [-0.39, 0.29) is 18.1 Å². The maximum Gasteiger partial charge on any atom is 0.248 e. The van der Waals surface area contributed by atoms with Gasteiger partial charge < -0.3 is 10.5 Å². The number of hydrogen-bond acceptors (Lipinski definition) is 6. The molecule has 2 N–H and O–H groups in total. The smallest absolute Gasteiger partial charge is 0.248 e. The van der Waals surface area contributed by atoms with Crippen LogP contribution < -0.4 is 10.5 Å². The number of carbonyl (C=O) groups is 2. The minimum Gasteiger partial charge on any atom is -0.487 e. The molecule has 2 aromatic carbocycles. The second kappa shape index (κ2) is 7.40. The average molecular weight is 372 g/mol. The second-order valence-corrected chi connectivity index (χ2v) is 6.29. The highest BCUT2D eigenvalue weighted by Crippen LogP contribution is 2.22. The van der Waals surface area contributed by atoms with Crippen molar-refractivity contribution in [2.45, 2.75) is 5.92 Å². The molecule has 1 aliphatic rings. The minimum absolute atomic E-state index is 0.00600. The van der Waals surface area contributed by atoms with Gasteiger partial charge in [0.25, 0.3) is 0 Å². The Hall–Kier alpha value is -3.87. The van der Waals surface area contributed by atoms with Gasteiger partial charge in [-0.05, 0) is 42.0 Å². The molecule has 138 valence electrons. The Kier molecular flexibility index (Phi) is 4.63. The Labute approximate surface area is 160 Å². The standard InChI is InChI=1S/C21H16N4O3/c22-21(27)15-4-1-3-13(9-15)17-11-24-25-19(20(17)26)12-28-16-6-7-18-14(10-16)5-2-8-23-18/h1-11,17H,12H2,(H2,22,27). The summed E-state index contributed by atoms with van der Waals surface area (Å²) in [5.74, 6) is -0.793. The molecule has 0 bridgehead atoms. The summed E-state index contributed by atoms with van der Waals surface area (Å²) in [6, 6.07) is 15.9. The van der Waals surface area contributed by atoms with E-state index in [1.165, 1.54) is 6.21 Å². The molecule has 4 rings (SSSR count). The van der Waals surface area contributed by atoms with Crippen molar-refractivity contribution < 1.29 is 14.3 Å². The van der Waals surface area contributed by atoms with Gasteiger partial charge in [0.2, 0.25) is 5.91 Å². The van der Waals surface area contributed by atoms with Crippen LogP contribution in [0.3, 0.4) is 0 Å². The number of amides is 1. The predicted octanol–water partition coefficient (Wildman–Crippen LogP) is 2.51. The molecule has 0 saturated carbocycles. The number of fused-ring (bicyclic) bond motifs is 1. The molecular weight excluding hydrogens is 356 g/mol. The second-order valence-electron chi connectivity index (χ2n) is 6.29. The molecule has 0 fully saturated rings. The van der Waals surface area contributed by atoms with Gasteiger partial charge in [-0.1, -0.05) is 18.2 Å². The van der Waals surface area contributed by atoms with E-state index in [0.29, 0.717) is 16.9 Å². The lowest BCUT2D eigenvalue weighted by Gasteiger charge is -2.16. The van der Waals surface area contributed by atoms with Gasteiger partial charge in [0.05, 0.1) is 11.4 Å². The number of aromatic nitrogens is 1. The van der Waals surface area contributed by atoms with Crippen LogP contribution in [-0.4, -0.2) is 35.2 Å². The van der Waals surface area contributed by atoms with Gasteiger partial charge in [0, 0.05) is 23.4 Å². The molecule has 2 heterocycles. The molecule has 1 amide bonds. The summed E-state index contributed by atoms with van der Waals surface area (Å²) in [6.07, 6.45) is 3.18. The zero-order valence-corrected chi connectivity index (χ0v) is 14.8. The Morgan fingerprint density at radius 3 is 2.86 bits per heavy atom. The fourth-order valence-corrected chi connectivity index (χ4v) is 2.98.